The molecule has 1 aliphatic heterocycles. The second-order valence-electron chi connectivity index (χ2n) is 5.31. The Bertz CT molecular complexity index is 365. The fourth-order valence-corrected chi connectivity index (χ4v) is 2.00. The maximum atomic E-state index is 9.79. The lowest BCUT2D eigenvalue weighted by atomic mass is 9.84. The summed E-state index contributed by atoms with van der Waals surface area (Å²) < 4.78 is 0. The van der Waals surface area contributed by atoms with Crippen LogP contribution in [-0.2, 0) is 12.0 Å². The van der Waals surface area contributed by atoms with Gasteiger partial charge in [-0.15, -0.1) is 0 Å². The van der Waals surface area contributed by atoms with Crippen molar-refractivity contribution in [2.45, 2.75) is 38.8 Å². The van der Waals surface area contributed by atoms with Gasteiger partial charge in [0.15, 0.2) is 0 Å². The van der Waals surface area contributed by atoms with Gasteiger partial charge in [0, 0.05) is 13.1 Å². The van der Waals surface area contributed by atoms with E-state index in [0.717, 1.165) is 12.1 Å². The number of hydrogen-bond donors (Lipinski definition) is 2. The fraction of sp³-hybridized carbons (Fsp3) is 0.538. The number of aliphatic hydroxyl groups excluding tert-OH is 1. The zero-order chi connectivity index (χ0) is 11.1. The first-order valence-electron chi connectivity index (χ1n) is 5.50. The lowest BCUT2D eigenvalue weighted by molar-refractivity contribution is 0.165. The minimum atomic E-state index is -0.345. The molecule has 2 nitrogen and oxygen atoms in total. The van der Waals surface area contributed by atoms with Gasteiger partial charge in [0.25, 0.3) is 0 Å². The largest absolute Gasteiger partial charge is 0.387 e. The molecule has 0 aliphatic carbocycles. The third-order valence-corrected chi connectivity index (χ3v) is 3.02. The van der Waals surface area contributed by atoms with E-state index < -0.39 is 0 Å². The molecule has 1 unspecified atom stereocenters. The monoisotopic (exact) mass is 205 g/mol. The van der Waals surface area contributed by atoms with E-state index in [2.05, 4.69) is 44.3 Å². The number of rotatable bonds is 0. The molecule has 1 atom stereocenters. The van der Waals surface area contributed by atoms with Crippen molar-refractivity contribution in [1.29, 1.82) is 0 Å². The minimum absolute atomic E-state index is 0.178. The standard InChI is InChI=1S/C13H19NO/c1-13(2,3)10-4-5-11-9(6-10)7-14-8-12(11)15/h4-6,12,14-15H,7-8H2,1-3H3. The van der Waals surface area contributed by atoms with Crippen molar-refractivity contribution in [3.8, 4) is 0 Å². The molecule has 0 amide bonds. The van der Waals surface area contributed by atoms with Crippen LogP contribution in [0.4, 0.5) is 0 Å². The van der Waals surface area contributed by atoms with Crippen LogP contribution < -0.4 is 5.32 Å². The second kappa shape index (κ2) is 3.62. The highest BCUT2D eigenvalue weighted by Crippen LogP contribution is 2.28. The third kappa shape index (κ3) is 2.06. The van der Waals surface area contributed by atoms with Gasteiger partial charge in [-0.25, -0.2) is 0 Å². The van der Waals surface area contributed by atoms with Crippen molar-refractivity contribution in [1.82, 2.24) is 5.32 Å². The average Bonchev–Trinajstić information content (AvgIpc) is 2.16. The molecule has 0 radical (unpaired) electrons. The average molecular weight is 205 g/mol. The van der Waals surface area contributed by atoms with Crippen molar-refractivity contribution in [3.63, 3.8) is 0 Å². The van der Waals surface area contributed by atoms with Crippen LogP contribution in [0.2, 0.25) is 0 Å². The van der Waals surface area contributed by atoms with E-state index >= 15 is 0 Å². The highest BCUT2D eigenvalue weighted by molar-refractivity contribution is 5.37. The Morgan fingerprint density at radius 2 is 2.07 bits per heavy atom. The predicted molar refractivity (Wildman–Crippen MR) is 61.8 cm³/mol. The van der Waals surface area contributed by atoms with Crippen molar-refractivity contribution < 1.29 is 5.11 Å². The molecule has 2 heteroatoms. The van der Waals surface area contributed by atoms with Crippen LogP contribution in [-0.4, -0.2) is 11.7 Å². The van der Waals surface area contributed by atoms with Gasteiger partial charge in [0.05, 0.1) is 6.10 Å². The number of hydrogen-bond acceptors (Lipinski definition) is 2. The molecule has 1 aliphatic rings. The molecular formula is C13H19NO. The Balaban J connectivity index is 2.42. The van der Waals surface area contributed by atoms with E-state index in [4.69, 9.17) is 0 Å². The molecule has 0 bridgehead atoms. The molecule has 2 N–H and O–H groups in total. The van der Waals surface area contributed by atoms with Gasteiger partial charge in [0.2, 0.25) is 0 Å². The van der Waals surface area contributed by atoms with E-state index in [0.29, 0.717) is 6.54 Å². The van der Waals surface area contributed by atoms with Crippen LogP contribution in [0.25, 0.3) is 0 Å². The predicted octanol–water partition coefficient (Wildman–Crippen LogP) is 2.12. The van der Waals surface area contributed by atoms with Crippen molar-refractivity contribution in [2.24, 2.45) is 0 Å². The topological polar surface area (TPSA) is 32.3 Å². The van der Waals surface area contributed by atoms with E-state index in [1.165, 1.54) is 11.1 Å². The Labute approximate surface area is 91.3 Å². The maximum Gasteiger partial charge on any atom is 0.0917 e. The number of nitrogens with one attached hydrogen (secondary N) is 1. The highest BCUT2D eigenvalue weighted by atomic mass is 16.3. The van der Waals surface area contributed by atoms with E-state index in [1.807, 2.05) is 0 Å². The molecule has 1 aromatic rings. The number of fused-ring (bicyclic) bond motifs is 1. The number of aliphatic hydroxyl groups is 1. The number of benzene rings is 1. The molecule has 0 saturated carbocycles. The van der Waals surface area contributed by atoms with Gasteiger partial charge in [-0.05, 0) is 22.1 Å². The summed E-state index contributed by atoms with van der Waals surface area (Å²) in [5.74, 6) is 0. The Morgan fingerprint density at radius 1 is 1.33 bits per heavy atom. The Hall–Kier alpha value is -0.860. The first-order chi connectivity index (χ1) is 6.98. The fourth-order valence-electron chi connectivity index (χ4n) is 2.00. The smallest absolute Gasteiger partial charge is 0.0917 e. The number of β-amino-alcohol motifs (C(OH)–C–C–N with tert-alkyl or cyclic N) is 1. The van der Waals surface area contributed by atoms with Crippen LogP contribution in [0.1, 0.15) is 43.6 Å². The van der Waals surface area contributed by atoms with Crippen LogP contribution >= 0.6 is 0 Å². The molecule has 0 spiro atoms. The first-order valence-corrected chi connectivity index (χ1v) is 5.50. The van der Waals surface area contributed by atoms with E-state index in [-0.39, 0.29) is 11.5 Å². The quantitative estimate of drug-likeness (QED) is 0.680. The molecule has 2 rings (SSSR count). The summed E-state index contributed by atoms with van der Waals surface area (Å²) in [7, 11) is 0. The van der Waals surface area contributed by atoms with Crippen molar-refractivity contribution >= 4 is 0 Å². The van der Waals surface area contributed by atoms with Crippen LogP contribution in [0.15, 0.2) is 18.2 Å². The van der Waals surface area contributed by atoms with Gasteiger partial charge >= 0.3 is 0 Å². The lowest BCUT2D eigenvalue weighted by Crippen LogP contribution is -2.28. The van der Waals surface area contributed by atoms with Gasteiger partial charge in [-0.2, -0.15) is 0 Å². The molecule has 0 fully saturated rings. The summed E-state index contributed by atoms with van der Waals surface area (Å²) in [4.78, 5) is 0. The second-order valence-corrected chi connectivity index (χ2v) is 5.31. The van der Waals surface area contributed by atoms with E-state index in [9.17, 15) is 5.11 Å². The molecule has 0 saturated heterocycles. The summed E-state index contributed by atoms with van der Waals surface area (Å²) in [6.45, 7) is 8.17. The third-order valence-electron chi connectivity index (χ3n) is 3.02. The SMILES string of the molecule is CC(C)(C)c1ccc2c(c1)CNCC2O. The summed E-state index contributed by atoms with van der Waals surface area (Å²) in [5, 5.41) is 13.0. The normalized spacial score (nSPS) is 21.2. The molecule has 0 aromatic heterocycles. The minimum Gasteiger partial charge on any atom is -0.387 e. The Kier molecular flexibility index (Phi) is 2.57. The van der Waals surface area contributed by atoms with Gasteiger partial charge < -0.3 is 10.4 Å². The molecular weight excluding hydrogens is 186 g/mol. The van der Waals surface area contributed by atoms with Crippen molar-refractivity contribution in [2.75, 3.05) is 6.54 Å². The highest BCUT2D eigenvalue weighted by Gasteiger charge is 2.20. The molecule has 1 heterocycles. The molecule has 1 aromatic carbocycles. The maximum absolute atomic E-state index is 9.79. The van der Waals surface area contributed by atoms with Gasteiger partial charge in [0.1, 0.15) is 0 Å². The van der Waals surface area contributed by atoms with Crippen LogP contribution in [0, 0.1) is 0 Å². The van der Waals surface area contributed by atoms with Crippen LogP contribution in [0.5, 0.6) is 0 Å². The van der Waals surface area contributed by atoms with Gasteiger partial charge in [-0.3, -0.25) is 0 Å². The van der Waals surface area contributed by atoms with Gasteiger partial charge in [-0.1, -0.05) is 39.0 Å². The Morgan fingerprint density at radius 3 is 2.73 bits per heavy atom. The lowest BCUT2D eigenvalue weighted by Gasteiger charge is -2.26. The van der Waals surface area contributed by atoms with Crippen molar-refractivity contribution in [3.05, 3.63) is 34.9 Å². The van der Waals surface area contributed by atoms with Crippen LogP contribution in [0.3, 0.4) is 0 Å². The van der Waals surface area contributed by atoms with E-state index in [1.54, 1.807) is 0 Å². The first kappa shape index (κ1) is 10.7. The zero-order valence-corrected chi connectivity index (χ0v) is 9.67. The zero-order valence-electron chi connectivity index (χ0n) is 9.67. The summed E-state index contributed by atoms with van der Waals surface area (Å²) in [6.07, 6.45) is -0.345. The summed E-state index contributed by atoms with van der Waals surface area (Å²) in [5.41, 5.74) is 3.83. The molecule has 82 valence electrons. The summed E-state index contributed by atoms with van der Waals surface area (Å²) in [6, 6.07) is 6.42. The summed E-state index contributed by atoms with van der Waals surface area (Å²) >= 11 is 0. The molecule has 15 heavy (non-hydrogen) atoms.